The third kappa shape index (κ3) is 5.09. The van der Waals surface area contributed by atoms with Crippen LogP contribution >= 0.6 is 0 Å². The Morgan fingerprint density at radius 2 is 1.86 bits per heavy atom. The highest BCUT2D eigenvalue weighted by Gasteiger charge is 2.52. The van der Waals surface area contributed by atoms with Gasteiger partial charge in [0.25, 0.3) is 0 Å². The molecule has 0 aromatic heterocycles. The fraction of sp³-hybridized carbons (Fsp3) is 0.464. The fourth-order valence-electron chi connectivity index (χ4n) is 4.74. The van der Waals surface area contributed by atoms with Gasteiger partial charge in [-0.3, -0.25) is 4.79 Å². The van der Waals surface area contributed by atoms with E-state index in [1.165, 1.54) is 19.3 Å². The number of phenolic OH excluding ortho intramolecular Hbond substituents is 1. The van der Waals surface area contributed by atoms with Crippen LogP contribution in [-0.4, -0.2) is 42.8 Å². The second kappa shape index (κ2) is 9.44. The Bertz CT molecular complexity index is 1140. The monoisotopic (exact) mass is 479 g/mol. The first-order valence-corrected chi connectivity index (χ1v) is 11.5. The molecule has 1 N–H and O–H groups in total. The Balaban J connectivity index is 1.90. The largest absolute Gasteiger partial charge is 0.504 e. The highest BCUT2D eigenvalue weighted by molar-refractivity contribution is 6.02. The summed E-state index contributed by atoms with van der Waals surface area (Å²) in [5.41, 5.74) is -1.55. The normalized spacial score (nSPS) is 23.9. The van der Waals surface area contributed by atoms with Gasteiger partial charge in [-0.25, -0.2) is 4.85 Å². The van der Waals surface area contributed by atoms with Crippen molar-refractivity contribution in [3.63, 3.8) is 0 Å². The van der Waals surface area contributed by atoms with E-state index in [0.717, 1.165) is 5.56 Å². The molecule has 1 saturated heterocycles. The molecule has 1 atom stereocenters. The zero-order chi connectivity index (χ0) is 26.1. The number of ketones is 2. The number of methoxy groups -OCH3 is 1. The van der Waals surface area contributed by atoms with E-state index in [2.05, 4.69) is 4.85 Å². The van der Waals surface area contributed by atoms with Crippen molar-refractivity contribution in [3.05, 3.63) is 65.2 Å². The smallest absolute Gasteiger partial charge is 0.226 e. The van der Waals surface area contributed by atoms with E-state index < -0.39 is 22.0 Å². The highest BCUT2D eigenvalue weighted by atomic mass is 16.7. The summed E-state index contributed by atoms with van der Waals surface area (Å²) in [4.78, 5) is 29.4. The van der Waals surface area contributed by atoms with E-state index in [-0.39, 0.29) is 23.0 Å². The number of allylic oxidation sites excluding steroid dienone is 4. The molecule has 1 heterocycles. The molecule has 3 rings (SSSR count). The number of hydrogen-bond acceptors (Lipinski definition) is 6. The molecule has 1 aliphatic carbocycles. The Labute approximate surface area is 206 Å². The number of carbonyl (C=O) groups excluding carboxylic acids is 2. The third-order valence-electron chi connectivity index (χ3n) is 6.77. The molecule has 186 valence electrons. The number of carbonyl (C=O) groups is 2. The summed E-state index contributed by atoms with van der Waals surface area (Å²) in [5, 5.41) is 9.84. The van der Waals surface area contributed by atoms with E-state index in [1.807, 2.05) is 20.8 Å². The van der Waals surface area contributed by atoms with Gasteiger partial charge in [0, 0.05) is 5.41 Å². The van der Waals surface area contributed by atoms with E-state index >= 15 is 0 Å². The van der Waals surface area contributed by atoms with Crippen molar-refractivity contribution >= 4 is 17.6 Å². The lowest BCUT2D eigenvalue weighted by Gasteiger charge is -2.39. The van der Waals surface area contributed by atoms with Crippen LogP contribution < -0.4 is 4.74 Å². The van der Waals surface area contributed by atoms with Crippen LogP contribution in [0.5, 0.6) is 11.5 Å². The Hall–Kier alpha value is -3.21. The van der Waals surface area contributed by atoms with Gasteiger partial charge in [-0.05, 0) is 55.5 Å². The zero-order valence-corrected chi connectivity index (χ0v) is 21.2. The van der Waals surface area contributed by atoms with Gasteiger partial charge < -0.3 is 24.1 Å². The lowest BCUT2D eigenvalue weighted by atomic mass is 9.66. The van der Waals surface area contributed by atoms with Gasteiger partial charge in [0.1, 0.15) is 0 Å². The molecule has 0 bridgehead atoms. The van der Waals surface area contributed by atoms with Crippen LogP contribution in [0.2, 0.25) is 0 Å². The average molecular weight is 480 g/mol. The maximum Gasteiger partial charge on any atom is 0.226 e. The quantitative estimate of drug-likeness (QED) is 0.432. The molecule has 7 nitrogen and oxygen atoms in total. The molecule has 7 heteroatoms. The molecule has 1 aromatic rings. The molecule has 0 radical (unpaired) electrons. The van der Waals surface area contributed by atoms with Gasteiger partial charge in [0.15, 0.2) is 23.1 Å². The van der Waals surface area contributed by atoms with Gasteiger partial charge in [-0.2, -0.15) is 0 Å². The molecule has 35 heavy (non-hydrogen) atoms. The van der Waals surface area contributed by atoms with Gasteiger partial charge in [-0.15, -0.1) is 0 Å². The van der Waals surface area contributed by atoms with Gasteiger partial charge in [-0.1, -0.05) is 45.1 Å². The number of rotatable bonds is 7. The van der Waals surface area contributed by atoms with Crippen molar-refractivity contribution in [2.45, 2.75) is 46.8 Å². The lowest BCUT2D eigenvalue weighted by Crippen LogP contribution is -2.48. The van der Waals surface area contributed by atoms with Crippen LogP contribution in [0.3, 0.4) is 0 Å². The van der Waals surface area contributed by atoms with Crippen molar-refractivity contribution in [3.8, 4) is 11.5 Å². The van der Waals surface area contributed by atoms with Crippen molar-refractivity contribution in [2.24, 2.45) is 16.2 Å². The molecule has 2 aliphatic rings. The molecule has 1 aromatic carbocycles. The second-order valence-corrected chi connectivity index (χ2v) is 10.5. The maximum atomic E-state index is 13.5. The van der Waals surface area contributed by atoms with Gasteiger partial charge in [0.2, 0.25) is 11.5 Å². The summed E-state index contributed by atoms with van der Waals surface area (Å²) in [6.45, 7) is 17.2. The van der Waals surface area contributed by atoms with Crippen molar-refractivity contribution in [1.82, 2.24) is 0 Å². The average Bonchev–Trinajstić information content (AvgIpc) is 3.30. The minimum absolute atomic E-state index is 0.0323. The molecular weight excluding hydrogens is 446 g/mol. The predicted octanol–water partition coefficient (Wildman–Crippen LogP) is 5.12. The Morgan fingerprint density at radius 3 is 2.46 bits per heavy atom. The fourth-order valence-corrected chi connectivity index (χ4v) is 4.74. The van der Waals surface area contributed by atoms with E-state index in [4.69, 9.17) is 20.8 Å². The van der Waals surface area contributed by atoms with Crippen molar-refractivity contribution < 1.29 is 28.9 Å². The van der Waals surface area contributed by atoms with Gasteiger partial charge in [0.05, 0.1) is 32.3 Å². The summed E-state index contributed by atoms with van der Waals surface area (Å²) in [6.07, 6.45) is 8.91. The topological polar surface area (TPSA) is 86.4 Å². The molecular formula is C28H33NO6. The molecule has 0 saturated carbocycles. The minimum Gasteiger partial charge on any atom is -0.504 e. The van der Waals surface area contributed by atoms with Crippen LogP contribution in [0.4, 0.5) is 0 Å². The molecule has 0 unspecified atom stereocenters. The number of benzene rings is 1. The molecule has 1 aliphatic heterocycles. The standard InChI is InChI=1S/C28H33NO6/c1-25(2)18-27(5,17-20(29-6)24(25)32)12-11-23(31)26(3,4)28(34-14-15-35-28)13-10-19-8-9-21(30)22(16-19)33-7/h8-13,16-17,30H,14-15,18H2,1-5,7H3/t27-/m0/s1. The van der Waals surface area contributed by atoms with Crippen LogP contribution in [-0.2, 0) is 19.1 Å². The number of phenols is 1. The summed E-state index contributed by atoms with van der Waals surface area (Å²) in [7, 11) is 1.47. The molecule has 0 amide bonds. The maximum absolute atomic E-state index is 13.5. The van der Waals surface area contributed by atoms with Crippen LogP contribution in [0.15, 0.2) is 48.2 Å². The lowest BCUT2D eigenvalue weighted by molar-refractivity contribution is -0.191. The summed E-state index contributed by atoms with van der Waals surface area (Å²) >= 11 is 0. The first-order valence-electron chi connectivity index (χ1n) is 11.5. The number of aromatic hydroxyl groups is 1. The van der Waals surface area contributed by atoms with E-state index in [0.29, 0.717) is 25.4 Å². The Morgan fingerprint density at radius 1 is 1.20 bits per heavy atom. The SMILES string of the molecule is [C-]#[N+]C1=C[C@](C)(C=CC(=O)C(C)(C)C2(C=Cc3ccc(O)c(OC)c3)OCCO2)CC(C)(C)C1=O. The van der Waals surface area contributed by atoms with Crippen molar-refractivity contribution in [2.75, 3.05) is 20.3 Å². The third-order valence-corrected chi connectivity index (χ3v) is 6.77. The number of ether oxygens (including phenoxy) is 3. The number of nitrogens with zero attached hydrogens (tertiary/aromatic N) is 1. The molecule has 1 fully saturated rings. The minimum atomic E-state index is -1.29. The first-order chi connectivity index (χ1) is 16.3. The van der Waals surface area contributed by atoms with Crippen molar-refractivity contribution in [1.29, 1.82) is 0 Å². The second-order valence-electron chi connectivity index (χ2n) is 10.5. The summed E-state index contributed by atoms with van der Waals surface area (Å²) in [5.74, 6) is -1.31. The highest BCUT2D eigenvalue weighted by Crippen LogP contribution is 2.45. The molecule has 0 spiro atoms. The summed E-state index contributed by atoms with van der Waals surface area (Å²) in [6, 6.07) is 4.93. The Kier molecular flexibility index (Phi) is 7.12. The summed E-state index contributed by atoms with van der Waals surface area (Å²) < 4.78 is 17.1. The zero-order valence-electron chi connectivity index (χ0n) is 21.2. The first kappa shape index (κ1) is 26.4. The number of hydrogen-bond donors (Lipinski definition) is 1. The number of Topliss-reactive ketones (excluding diaryl/α,β-unsaturated/α-hetero) is 1. The van der Waals surface area contributed by atoms with Gasteiger partial charge >= 0.3 is 0 Å². The van der Waals surface area contributed by atoms with E-state index in [1.54, 1.807) is 50.3 Å². The van der Waals surface area contributed by atoms with Crippen LogP contribution in [0.1, 0.15) is 46.6 Å². The van der Waals surface area contributed by atoms with Crippen LogP contribution in [0.25, 0.3) is 10.9 Å². The predicted molar refractivity (Wildman–Crippen MR) is 132 cm³/mol. The van der Waals surface area contributed by atoms with E-state index in [9.17, 15) is 14.7 Å². The van der Waals surface area contributed by atoms with Crippen LogP contribution in [0, 0.1) is 22.8 Å².